The molecule has 0 radical (unpaired) electrons. The van der Waals surface area contributed by atoms with Crippen molar-refractivity contribution in [1.82, 2.24) is 0 Å². The van der Waals surface area contributed by atoms with Gasteiger partial charge in [-0.1, -0.05) is 91.4 Å². The van der Waals surface area contributed by atoms with Crippen molar-refractivity contribution in [3.63, 3.8) is 0 Å². The summed E-state index contributed by atoms with van der Waals surface area (Å²) < 4.78 is 12.1. The lowest BCUT2D eigenvalue weighted by atomic mass is 9.88. The number of hydrogen-bond acceptors (Lipinski definition) is 1. The second kappa shape index (κ2) is 13.8. The average molecular weight is 318 g/mol. The largest absolute Gasteiger partial charge is 0.346 e. The Bertz CT molecular complexity index is 242. The molecule has 21 heavy (non-hydrogen) atoms. The monoisotopic (exact) mass is 318 g/mol. The van der Waals surface area contributed by atoms with Crippen molar-refractivity contribution < 1.29 is 9.46 Å². The molecule has 0 amide bonds. The zero-order chi connectivity index (χ0) is 16.0. The summed E-state index contributed by atoms with van der Waals surface area (Å²) in [6.07, 6.45) is 16.1. The first-order valence-corrected chi connectivity index (χ1v) is 10.7. The molecule has 1 N–H and O–H groups in total. The first kappa shape index (κ1) is 21.2. The second-order valence-electron chi connectivity index (χ2n) is 6.66. The maximum atomic E-state index is 12.1. The van der Waals surface area contributed by atoms with E-state index in [-0.39, 0.29) is 5.16 Å². The van der Waals surface area contributed by atoms with Gasteiger partial charge in [0.2, 0.25) is 0 Å². The van der Waals surface area contributed by atoms with Gasteiger partial charge in [0.15, 0.2) is 8.03 Å². The lowest BCUT2D eigenvalue weighted by Gasteiger charge is -2.31. The van der Waals surface area contributed by atoms with Gasteiger partial charge in [-0.3, -0.25) is 4.57 Å². The number of unbranched alkanes of at least 4 members (excludes halogenated alkanes) is 8. The lowest BCUT2D eigenvalue weighted by molar-refractivity contribution is 0.357. The molecule has 0 aliphatic carbocycles. The minimum absolute atomic E-state index is 0.249. The molecule has 0 aromatic carbocycles. The van der Waals surface area contributed by atoms with Gasteiger partial charge in [-0.2, -0.15) is 0 Å². The predicted molar refractivity (Wildman–Crippen MR) is 95.6 cm³/mol. The Kier molecular flexibility index (Phi) is 14.0. The van der Waals surface area contributed by atoms with Crippen molar-refractivity contribution in [3.05, 3.63) is 0 Å². The van der Waals surface area contributed by atoms with Crippen molar-refractivity contribution in [2.45, 2.75) is 116 Å². The summed E-state index contributed by atoms with van der Waals surface area (Å²) in [5, 5.41) is -0.249. The van der Waals surface area contributed by atoms with Crippen LogP contribution < -0.4 is 0 Å². The third kappa shape index (κ3) is 9.74. The SMILES string of the molecule is CCCCCCC(CCCCC)(CCCCCC)[PH](=O)O. The van der Waals surface area contributed by atoms with E-state index in [1.54, 1.807) is 0 Å². The molecule has 1 atom stereocenters. The summed E-state index contributed by atoms with van der Waals surface area (Å²) in [5.41, 5.74) is 0. The first-order chi connectivity index (χ1) is 10.1. The van der Waals surface area contributed by atoms with Crippen LogP contribution in [0.5, 0.6) is 0 Å². The molecule has 2 nitrogen and oxygen atoms in total. The Morgan fingerprint density at radius 3 is 1.33 bits per heavy atom. The molecule has 1 unspecified atom stereocenters. The van der Waals surface area contributed by atoms with E-state index < -0.39 is 8.03 Å². The smallest absolute Gasteiger partial charge is 0.195 e. The zero-order valence-electron chi connectivity index (χ0n) is 14.8. The van der Waals surface area contributed by atoms with Gasteiger partial charge in [0, 0.05) is 5.16 Å². The van der Waals surface area contributed by atoms with Crippen LogP contribution in [0.4, 0.5) is 0 Å². The topological polar surface area (TPSA) is 37.3 Å². The fourth-order valence-corrected chi connectivity index (χ4v) is 4.36. The van der Waals surface area contributed by atoms with E-state index in [9.17, 15) is 9.46 Å². The molecule has 0 heterocycles. The normalized spacial score (nSPS) is 13.5. The van der Waals surface area contributed by atoms with Crippen LogP contribution in [0.15, 0.2) is 0 Å². The highest BCUT2D eigenvalue weighted by Gasteiger charge is 2.34. The summed E-state index contributed by atoms with van der Waals surface area (Å²) in [5.74, 6) is 0. The molecule has 0 aromatic rings. The fraction of sp³-hybridized carbons (Fsp3) is 1.00. The molecule has 0 spiro atoms. The van der Waals surface area contributed by atoms with Crippen LogP contribution in [0.25, 0.3) is 0 Å². The molecule has 0 bridgehead atoms. The molecule has 0 rings (SSSR count). The highest BCUT2D eigenvalue weighted by Crippen LogP contribution is 2.47. The van der Waals surface area contributed by atoms with E-state index in [0.29, 0.717) is 0 Å². The van der Waals surface area contributed by atoms with Crippen LogP contribution in [0.2, 0.25) is 0 Å². The maximum absolute atomic E-state index is 12.1. The molecule has 0 aromatic heterocycles. The molecule has 0 fully saturated rings. The van der Waals surface area contributed by atoms with Crippen LogP contribution in [0.1, 0.15) is 111 Å². The van der Waals surface area contributed by atoms with Crippen molar-refractivity contribution in [2.75, 3.05) is 0 Å². The van der Waals surface area contributed by atoms with E-state index in [2.05, 4.69) is 20.8 Å². The Morgan fingerprint density at radius 1 is 0.667 bits per heavy atom. The van der Waals surface area contributed by atoms with Gasteiger partial charge in [0.25, 0.3) is 0 Å². The van der Waals surface area contributed by atoms with Crippen LogP contribution in [0, 0.1) is 0 Å². The number of hydrogen-bond donors (Lipinski definition) is 1. The molecular weight excluding hydrogens is 279 g/mol. The number of rotatable bonds is 15. The summed E-state index contributed by atoms with van der Waals surface area (Å²) >= 11 is 0. The van der Waals surface area contributed by atoms with E-state index >= 15 is 0 Å². The minimum atomic E-state index is -2.44. The van der Waals surface area contributed by atoms with Gasteiger partial charge in [0.1, 0.15) is 0 Å². The van der Waals surface area contributed by atoms with E-state index in [0.717, 1.165) is 38.5 Å². The van der Waals surface area contributed by atoms with Crippen molar-refractivity contribution in [2.24, 2.45) is 0 Å². The molecule has 0 aliphatic rings. The lowest BCUT2D eigenvalue weighted by Crippen LogP contribution is -2.25. The van der Waals surface area contributed by atoms with Gasteiger partial charge < -0.3 is 4.89 Å². The van der Waals surface area contributed by atoms with Crippen molar-refractivity contribution in [1.29, 1.82) is 0 Å². The first-order valence-electron chi connectivity index (χ1n) is 9.36. The Hall–Kier alpha value is 0.190. The average Bonchev–Trinajstić information content (AvgIpc) is 2.47. The van der Waals surface area contributed by atoms with Gasteiger partial charge in [-0.25, -0.2) is 0 Å². The quantitative estimate of drug-likeness (QED) is 0.269. The van der Waals surface area contributed by atoms with E-state index in [1.807, 2.05) is 0 Å². The Labute approximate surface area is 134 Å². The molecule has 0 aliphatic heterocycles. The van der Waals surface area contributed by atoms with Gasteiger partial charge in [-0.15, -0.1) is 0 Å². The maximum Gasteiger partial charge on any atom is 0.195 e. The van der Waals surface area contributed by atoms with E-state index in [1.165, 1.54) is 51.4 Å². The van der Waals surface area contributed by atoms with Crippen LogP contribution >= 0.6 is 8.03 Å². The second-order valence-corrected chi connectivity index (χ2v) is 8.33. The van der Waals surface area contributed by atoms with Gasteiger partial charge in [-0.05, 0) is 19.3 Å². The highest BCUT2D eigenvalue weighted by atomic mass is 31.1. The minimum Gasteiger partial charge on any atom is -0.346 e. The van der Waals surface area contributed by atoms with E-state index in [4.69, 9.17) is 0 Å². The third-order valence-corrected chi connectivity index (χ3v) is 6.39. The van der Waals surface area contributed by atoms with Crippen molar-refractivity contribution >= 4 is 8.03 Å². The van der Waals surface area contributed by atoms with Crippen LogP contribution in [-0.4, -0.2) is 10.0 Å². The van der Waals surface area contributed by atoms with Gasteiger partial charge >= 0.3 is 0 Å². The molecule has 3 heteroatoms. The summed E-state index contributed by atoms with van der Waals surface area (Å²) in [7, 11) is -2.44. The summed E-state index contributed by atoms with van der Waals surface area (Å²) in [4.78, 5) is 10.0. The van der Waals surface area contributed by atoms with Crippen LogP contribution in [0.3, 0.4) is 0 Å². The zero-order valence-corrected chi connectivity index (χ0v) is 15.8. The molecule has 0 saturated carbocycles. The summed E-state index contributed by atoms with van der Waals surface area (Å²) in [6.45, 7) is 6.63. The standard InChI is InChI=1S/C18H39O2P/c1-4-7-10-13-16-18(21(19)20,15-12-9-6-3)17-14-11-8-5-2/h21H,4-17H2,1-3H3,(H,19,20). The molecule has 128 valence electrons. The fourth-order valence-electron chi connectivity index (χ4n) is 3.19. The Morgan fingerprint density at radius 2 is 1.00 bits per heavy atom. The molecule has 0 saturated heterocycles. The Balaban J connectivity index is 4.50. The predicted octanol–water partition coefficient (Wildman–Crippen LogP) is 6.71. The van der Waals surface area contributed by atoms with Crippen LogP contribution in [-0.2, 0) is 4.57 Å². The third-order valence-electron chi connectivity index (χ3n) is 4.73. The van der Waals surface area contributed by atoms with Gasteiger partial charge in [0.05, 0.1) is 0 Å². The molecular formula is C18H39O2P. The van der Waals surface area contributed by atoms with Crippen molar-refractivity contribution in [3.8, 4) is 0 Å². The summed E-state index contributed by atoms with van der Waals surface area (Å²) in [6, 6.07) is 0. The highest BCUT2D eigenvalue weighted by molar-refractivity contribution is 7.40.